The Balaban J connectivity index is 2.04. The van der Waals surface area contributed by atoms with Gasteiger partial charge in [0.15, 0.2) is 0 Å². The Morgan fingerprint density at radius 2 is 1.96 bits per heavy atom. The Kier molecular flexibility index (Phi) is 4.09. The normalized spacial score (nSPS) is 34.3. The lowest BCUT2D eigenvalue weighted by molar-refractivity contribution is -0.166. The van der Waals surface area contributed by atoms with Crippen molar-refractivity contribution in [1.82, 2.24) is 4.90 Å². The van der Waals surface area contributed by atoms with E-state index in [9.17, 15) is 4.79 Å². The summed E-state index contributed by atoms with van der Waals surface area (Å²) in [6.45, 7) is 8.94. The minimum atomic E-state index is -0.221. The molecule has 3 heteroatoms. The lowest BCUT2D eigenvalue weighted by Crippen LogP contribution is -2.66. The standard InChI is InChI=1S/C20H27NO2/c1-5-23-18(22)17-19(3)11-13-20(4,14-12-19)21(17)15(2)16-9-7-6-8-10-16/h6-11,13,15,17H,5,12,14H2,1-4H3/t15-,17-,19+,20-/m1/s1. The van der Waals surface area contributed by atoms with Crippen LogP contribution in [0.5, 0.6) is 0 Å². The second kappa shape index (κ2) is 5.79. The molecule has 0 radical (unpaired) electrons. The molecule has 4 atom stereocenters. The predicted molar refractivity (Wildman–Crippen MR) is 92.0 cm³/mol. The first-order valence-corrected chi connectivity index (χ1v) is 8.62. The Labute approximate surface area is 139 Å². The molecule has 23 heavy (non-hydrogen) atoms. The van der Waals surface area contributed by atoms with Crippen LogP contribution in [-0.4, -0.2) is 29.1 Å². The van der Waals surface area contributed by atoms with Gasteiger partial charge in [-0.15, -0.1) is 0 Å². The highest BCUT2D eigenvalue weighted by atomic mass is 16.5. The number of ether oxygens (including phenoxy) is 1. The average molecular weight is 313 g/mol. The van der Waals surface area contributed by atoms with Crippen LogP contribution in [0.1, 0.15) is 52.1 Å². The number of carbonyl (C=O) groups is 1. The van der Waals surface area contributed by atoms with E-state index < -0.39 is 0 Å². The molecule has 2 heterocycles. The van der Waals surface area contributed by atoms with Crippen molar-refractivity contribution in [2.45, 2.75) is 58.2 Å². The van der Waals surface area contributed by atoms with Crippen molar-refractivity contribution in [3.8, 4) is 0 Å². The molecule has 0 amide bonds. The van der Waals surface area contributed by atoms with Crippen LogP contribution in [0.3, 0.4) is 0 Å². The molecule has 1 aromatic carbocycles. The third-order valence-electron chi connectivity index (χ3n) is 5.69. The van der Waals surface area contributed by atoms with Crippen molar-refractivity contribution < 1.29 is 9.53 Å². The van der Waals surface area contributed by atoms with E-state index in [4.69, 9.17) is 4.74 Å². The third kappa shape index (κ3) is 2.61. The summed E-state index contributed by atoms with van der Waals surface area (Å²) in [4.78, 5) is 15.2. The van der Waals surface area contributed by atoms with Crippen molar-refractivity contribution in [2.24, 2.45) is 5.41 Å². The lowest BCUT2D eigenvalue weighted by atomic mass is 9.63. The van der Waals surface area contributed by atoms with Gasteiger partial charge in [0.1, 0.15) is 6.04 Å². The lowest BCUT2D eigenvalue weighted by Gasteiger charge is -2.59. The number of piperidine rings is 1. The molecule has 1 aliphatic carbocycles. The van der Waals surface area contributed by atoms with E-state index in [1.807, 2.05) is 13.0 Å². The van der Waals surface area contributed by atoms with Gasteiger partial charge in [0.25, 0.3) is 0 Å². The van der Waals surface area contributed by atoms with Crippen molar-refractivity contribution in [3.05, 3.63) is 48.0 Å². The minimum absolute atomic E-state index is 0.0898. The molecule has 0 spiro atoms. The van der Waals surface area contributed by atoms with Gasteiger partial charge < -0.3 is 4.74 Å². The van der Waals surface area contributed by atoms with Crippen molar-refractivity contribution >= 4 is 5.97 Å². The van der Waals surface area contributed by atoms with E-state index in [1.54, 1.807) is 0 Å². The molecule has 0 N–H and O–H groups in total. The van der Waals surface area contributed by atoms with Gasteiger partial charge >= 0.3 is 5.97 Å². The molecule has 1 saturated heterocycles. The molecule has 3 aliphatic rings. The average Bonchev–Trinajstić information content (AvgIpc) is 2.55. The Morgan fingerprint density at radius 1 is 1.26 bits per heavy atom. The van der Waals surface area contributed by atoms with Gasteiger partial charge in [-0.05, 0) is 39.2 Å². The molecule has 2 aliphatic heterocycles. The number of hydrogen-bond acceptors (Lipinski definition) is 3. The predicted octanol–water partition coefficient (Wildman–Crippen LogP) is 4.11. The van der Waals surface area contributed by atoms with Crippen LogP contribution < -0.4 is 0 Å². The SMILES string of the molecule is CCOC(=O)[C@H]1N([C@H](C)c2ccccc2)[C@]2(C)C=C[C@@]1(C)CC2. The van der Waals surface area contributed by atoms with Gasteiger partial charge in [0.2, 0.25) is 0 Å². The zero-order chi connectivity index (χ0) is 16.7. The van der Waals surface area contributed by atoms with Crippen LogP contribution in [-0.2, 0) is 9.53 Å². The summed E-state index contributed by atoms with van der Waals surface area (Å²) in [5.74, 6) is -0.0898. The van der Waals surface area contributed by atoms with Gasteiger partial charge in [-0.1, -0.05) is 49.4 Å². The van der Waals surface area contributed by atoms with E-state index in [0.717, 1.165) is 12.8 Å². The second-order valence-corrected chi connectivity index (χ2v) is 7.34. The molecule has 0 aromatic heterocycles. The van der Waals surface area contributed by atoms with Gasteiger partial charge in [-0.25, -0.2) is 0 Å². The molecule has 124 valence electrons. The molecular formula is C20H27NO2. The van der Waals surface area contributed by atoms with E-state index in [1.165, 1.54) is 5.56 Å². The number of esters is 1. The van der Waals surface area contributed by atoms with Crippen LogP contribution in [0, 0.1) is 5.41 Å². The molecule has 0 unspecified atom stereocenters. The maximum absolute atomic E-state index is 12.8. The van der Waals surface area contributed by atoms with E-state index in [-0.39, 0.29) is 29.0 Å². The van der Waals surface area contributed by atoms with Crippen LogP contribution in [0.15, 0.2) is 42.5 Å². The van der Waals surface area contributed by atoms with Crippen LogP contribution in [0.2, 0.25) is 0 Å². The smallest absolute Gasteiger partial charge is 0.324 e. The van der Waals surface area contributed by atoms with E-state index >= 15 is 0 Å². The van der Waals surface area contributed by atoms with Crippen molar-refractivity contribution in [3.63, 3.8) is 0 Å². The number of carbonyl (C=O) groups excluding carboxylic acids is 1. The molecule has 4 rings (SSSR count). The van der Waals surface area contributed by atoms with Crippen molar-refractivity contribution in [1.29, 1.82) is 0 Å². The van der Waals surface area contributed by atoms with Gasteiger partial charge in [0, 0.05) is 17.0 Å². The quantitative estimate of drug-likeness (QED) is 0.619. The molecular weight excluding hydrogens is 286 g/mol. The zero-order valence-electron chi connectivity index (χ0n) is 14.6. The number of hydrogen-bond donors (Lipinski definition) is 0. The Bertz CT molecular complexity index is 611. The van der Waals surface area contributed by atoms with E-state index in [2.05, 4.69) is 62.1 Å². The topological polar surface area (TPSA) is 29.5 Å². The first-order valence-electron chi connectivity index (χ1n) is 8.62. The summed E-state index contributed by atoms with van der Waals surface area (Å²) in [5, 5.41) is 0. The first-order chi connectivity index (χ1) is 10.9. The summed E-state index contributed by atoms with van der Waals surface area (Å²) >= 11 is 0. The summed E-state index contributed by atoms with van der Waals surface area (Å²) in [6, 6.07) is 10.4. The van der Waals surface area contributed by atoms with Gasteiger partial charge in [0.05, 0.1) is 6.61 Å². The number of benzene rings is 1. The van der Waals surface area contributed by atoms with Gasteiger partial charge in [-0.2, -0.15) is 0 Å². The molecule has 1 fully saturated rings. The summed E-state index contributed by atoms with van der Waals surface area (Å²) in [5.41, 5.74) is 1.00. The molecule has 2 bridgehead atoms. The van der Waals surface area contributed by atoms with Gasteiger partial charge in [-0.3, -0.25) is 9.69 Å². The van der Waals surface area contributed by atoms with Crippen LogP contribution in [0.25, 0.3) is 0 Å². The minimum Gasteiger partial charge on any atom is -0.465 e. The van der Waals surface area contributed by atoms with E-state index in [0.29, 0.717) is 6.61 Å². The molecule has 3 nitrogen and oxygen atoms in total. The fourth-order valence-corrected chi connectivity index (χ4v) is 4.28. The zero-order valence-corrected chi connectivity index (χ0v) is 14.6. The summed E-state index contributed by atoms with van der Waals surface area (Å²) in [7, 11) is 0. The van der Waals surface area contributed by atoms with Crippen molar-refractivity contribution in [2.75, 3.05) is 6.61 Å². The number of fused-ring (bicyclic) bond motifs is 2. The Hall–Kier alpha value is -1.61. The second-order valence-electron chi connectivity index (χ2n) is 7.34. The number of nitrogens with zero attached hydrogens (tertiary/aromatic N) is 1. The first kappa shape index (κ1) is 16.3. The van der Waals surface area contributed by atoms with Crippen LogP contribution in [0.4, 0.5) is 0 Å². The van der Waals surface area contributed by atoms with Crippen LogP contribution >= 0.6 is 0 Å². The summed E-state index contributed by atoms with van der Waals surface area (Å²) < 4.78 is 5.45. The fraction of sp³-hybridized carbons (Fsp3) is 0.550. The maximum Gasteiger partial charge on any atom is 0.324 e. The Morgan fingerprint density at radius 3 is 2.52 bits per heavy atom. The largest absolute Gasteiger partial charge is 0.465 e. The third-order valence-corrected chi connectivity index (χ3v) is 5.69. The monoisotopic (exact) mass is 313 g/mol. The number of rotatable bonds is 4. The highest BCUT2D eigenvalue weighted by Crippen LogP contribution is 2.52. The maximum atomic E-state index is 12.8. The molecule has 1 aromatic rings. The molecule has 0 saturated carbocycles. The highest BCUT2D eigenvalue weighted by molar-refractivity contribution is 5.78. The fourth-order valence-electron chi connectivity index (χ4n) is 4.28. The highest BCUT2D eigenvalue weighted by Gasteiger charge is 2.56. The summed E-state index contributed by atoms with van der Waals surface area (Å²) in [6.07, 6.45) is 6.65.